The van der Waals surface area contributed by atoms with Crippen molar-refractivity contribution >= 4 is 23.2 Å². The van der Waals surface area contributed by atoms with Crippen molar-refractivity contribution in [3.05, 3.63) is 15.6 Å². The fourth-order valence-corrected chi connectivity index (χ4v) is 3.59. The number of aryl methyl sites for hydroxylation is 2. The van der Waals surface area contributed by atoms with Crippen LogP contribution in [0.4, 0.5) is 0 Å². The standard InChI is InChI=1S/C15H24N4O2S/c1-5-12-17-10(2)15(22-12)11(3)18(4)14(21)9-19-7-6-16-8-13(19)20/h11,16H,5-9H2,1-4H3/t11-/m0/s1. The smallest absolute Gasteiger partial charge is 0.242 e. The van der Waals surface area contributed by atoms with Gasteiger partial charge >= 0.3 is 0 Å². The summed E-state index contributed by atoms with van der Waals surface area (Å²) < 4.78 is 0. The summed E-state index contributed by atoms with van der Waals surface area (Å²) in [6, 6.07) is -0.0247. The Kier molecular flexibility index (Phi) is 5.52. The molecule has 1 atom stereocenters. The Bertz CT molecular complexity index is 558. The van der Waals surface area contributed by atoms with Gasteiger partial charge in [0, 0.05) is 25.0 Å². The molecule has 2 rings (SSSR count). The summed E-state index contributed by atoms with van der Waals surface area (Å²) >= 11 is 1.66. The Labute approximate surface area is 135 Å². The third-order valence-corrected chi connectivity index (χ3v) is 5.52. The van der Waals surface area contributed by atoms with Crippen LogP contribution >= 0.6 is 11.3 Å². The highest BCUT2D eigenvalue weighted by molar-refractivity contribution is 7.11. The largest absolute Gasteiger partial charge is 0.337 e. The molecule has 22 heavy (non-hydrogen) atoms. The monoisotopic (exact) mass is 324 g/mol. The van der Waals surface area contributed by atoms with E-state index >= 15 is 0 Å². The zero-order chi connectivity index (χ0) is 16.3. The predicted molar refractivity (Wildman–Crippen MR) is 86.9 cm³/mol. The molecule has 0 saturated carbocycles. The van der Waals surface area contributed by atoms with Crippen molar-refractivity contribution in [2.24, 2.45) is 0 Å². The third-order valence-electron chi connectivity index (χ3n) is 4.05. The molecule has 7 heteroatoms. The molecular formula is C15H24N4O2S. The van der Waals surface area contributed by atoms with E-state index in [1.54, 1.807) is 28.2 Å². The van der Waals surface area contributed by atoms with E-state index in [2.05, 4.69) is 17.2 Å². The summed E-state index contributed by atoms with van der Waals surface area (Å²) in [6.45, 7) is 7.88. The molecule has 0 aromatic carbocycles. The fourth-order valence-electron chi connectivity index (χ4n) is 2.48. The lowest BCUT2D eigenvalue weighted by Crippen LogP contribution is -2.51. The number of piperazine rings is 1. The first-order chi connectivity index (χ1) is 10.4. The van der Waals surface area contributed by atoms with Crippen LogP contribution in [0.15, 0.2) is 0 Å². The van der Waals surface area contributed by atoms with Gasteiger partial charge in [-0.05, 0) is 20.3 Å². The lowest BCUT2D eigenvalue weighted by molar-refractivity contribution is -0.141. The van der Waals surface area contributed by atoms with Crippen LogP contribution in [-0.4, -0.2) is 59.8 Å². The number of hydrogen-bond donors (Lipinski definition) is 1. The average molecular weight is 324 g/mol. The lowest BCUT2D eigenvalue weighted by atomic mass is 10.2. The molecule has 1 aliphatic rings. The van der Waals surface area contributed by atoms with E-state index in [0.717, 1.165) is 28.5 Å². The van der Waals surface area contributed by atoms with Gasteiger partial charge in [-0.1, -0.05) is 6.92 Å². The van der Waals surface area contributed by atoms with Crippen molar-refractivity contribution in [1.29, 1.82) is 0 Å². The third kappa shape index (κ3) is 3.64. The number of nitrogens with one attached hydrogen (secondary N) is 1. The number of carbonyl (C=O) groups is 2. The highest BCUT2D eigenvalue weighted by Crippen LogP contribution is 2.28. The molecule has 0 radical (unpaired) electrons. The molecule has 1 aromatic heterocycles. The summed E-state index contributed by atoms with van der Waals surface area (Å²) in [4.78, 5) is 33.2. The second kappa shape index (κ2) is 7.19. The predicted octanol–water partition coefficient (Wildman–Crippen LogP) is 0.965. The molecule has 1 fully saturated rings. The van der Waals surface area contributed by atoms with E-state index in [-0.39, 0.29) is 24.4 Å². The van der Waals surface area contributed by atoms with Crippen LogP contribution in [0.1, 0.15) is 35.5 Å². The Morgan fingerprint density at radius 1 is 1.55 bits per heavy atom. The van der Waals surface area contributed by atoms with Gasteiger partial charge in [0.2, 0.25) is 11.8 Å². The second-order valence-corrected chi connectivity index (χ2v) is 6.70. The number of nitrogens with zero attached hydrogens (tertiary/aromatic N) is 3. The van der Waals surface area contributed by atoms with E-state index in [1.165, 1.54) is 0 Å². The Morgan fingerprint density at radius 2 is 2.27 bits per heavy atom. The molecule has 122 valence electrons. The van der Waals surface area contributed by atoms with Crippen LogP contribution in [-0.2, 0) is 16.0 Å². The molecular weight excluding hydrogens is 300 g/mol. The molecule has 6 nitrogen and oxygen atoms in total. The second-order valence-electron chi connectivity index (χ2n) is 5.58. The van der Waals surface area contributed by atoms with Crippen LogP contribution < -0.4 is 5.32 Å². The van der Waals surface area contributed by atoms with E-state index < -0.39 is 0 Å². The quantitative estimate of drug-likeness (QED) is 0.876. The first-order valence-corrected chi connectivity index (χ1v) is 8.46. The van der Waals surface area contributed by atoms with Gasteiger partial charge in [-0.25, -0.2) is 4.98 Å². The lowest BCUT2D eigenvalue weighted by Gasteiger charge is -2.30. The maximum absolute atomic E-state index is 12.5. The van der Waals surface area contributed by atoms with E-state index in [1.807, 2.05) is 13.8 Å². The van der Waals surface area contributed by atoms with Gasteiger partial charge < -0.3 is 15.1 Å². The van der Waals surface area contributed by atoms with Crippen molar-refractivity contribution in [2.75, 3.05) is 33.2 Å². The molecule has 0 aliphatic carbocycles. The minimum absolute atomic E-state index is 0.0112. The van der Waals surface area contributed by atoms with Crippen LogP contribution in [0.2, 0.25) is 0 Å². The van der Waals surface area contributed by atoms with Gasteiger partial charge in [0.1, 0.15) is 0 Å². The van der Waals surface area contributed by atoms with Gasteiger partial charge in [0.25, 0.3) is 0 Å². The van der Waals surface area contributed by atoms with Crippen molar-refractivity contribution in [2.45, 2.75) is 33.2 Å². The molecule has 0 spiro atoms. The van der Waals surface area contributed by atoms with Gasteiger partial charge in [-0.3, -0.25) is 9.59 Å². The van der Waals surface area contributed by atoms with Crippen molar-refractivity contribution in [3.8, 4) is 0 Å². The molecule has 1 saturated heterocycles. The number of aromatic nitrogens is 1. The van der Waals surface area contributed by atoms with Gasteiger partial charge in [-0.2, -0.15) is 0 Å². The zero-order valence-electron chi connectivity index (χ0n) is 13.7. The average Bonchev–Trinajstić information content (AvgIpc) is 2.89. The maximum atomic E-state index is 12.5. The number of amides is 2. The van der Waals surface area contributed by atoms with E-state index in [0.29, 0.717) is 13.1 Å². The number of rotatable bonds is 5. The van der Waals surface area contributed by atoms with Crippen LogP contribution in [0.3, 0.4) is 0 Å². The molecule has 1 aromatic rings. The molecule has 2 heterocycles. The van der Waals surface area contributed by atoms with Crippen molar-refractivity contribution < 1.29 is 9.59 Å². The number of thiazole rings is 1. The highest BCUT2D eigenvalue weighted by Gasteiger charge is 2.26. The van der Waals surface area contributed by atoms with Gasteiger partial charge in [0.05, 0.1) is 29.8 Å². The van der Waals surface area contributed by atoms with Gasteiger partial charge in [0.15, 0.2) is 0 Å². The van der Waals surface area contributed by atoms with Crippen LogP contribution in [0.25, 0.3) is 0 Å². The van der Waals surface area contributed by atoms with Gasteiger partial charge in [-0.15, -0.1) is 11.3 Å². The first kappa shape index (κ1) is 16.9. The van der Waals surface area contributed by atoms with Crippen molar-refractivity contribution in [3.63, 3.8) is 0 Å². The maximum Gasteiger partial charge on any atom is 0.242 e. The first-order valence-electron chi connectivity index (χ1n) is 7.64. The molecule has 1 N–H and O–H groups in total. The van der Waals surface area contributed by atoms with E-state index in [4.69, 9.17) is 0 Å². The Morgan fingerprint density at radius 3 is 2.86 bits per heavy atom. The normalized spacial score (nSPS) is 16.7. The highest BCUT2D eigenvalue weighted by atomic mass is 32.1. The molecule has 1 aliphatic heterocycles. The summed E-state index contributed by atoms with van der Waals surface area (Å²) in [5, 5.41) is 4.10. The van der Waals surface area contributed by atoms with Crippen LogP contribution in [0, 0.1) is 6.92 Å². The molecule has 0 unspecified atom stereocenters. The molecule has 0 bridgehead atoms. The zero-order valence-corrected chi connectivity index (χ0v) is 14.5. The minimum atomic E-state index is -0.0337. The van der Waals surface area contributed by atoms with E-state index in [9.17, 15) is 9.59 Å². The number of likely N-dealkylation sites (N-methyl/N-ethyl adjacent to an activating group) is 1. The topological polar surface area (TPSA) is 65.5 Å². The summed E-state index contributed by atoms with van der Waals surface area (Å²) in [7, 11) is 1.80. The summed E-state index contributed by atoms with van der Waals surface area (Å²) in [5.41, 5.74) is 0.993. The Hall–Kier alpha value is -1.47. The summed E-state index contributed by atoms with van der Waals surface area (Å²) in [5.74, 6) is -0.0449. The SMILES string of the molecule is CCc1nc(C)c([C@H](C)N(C)C(=O)CN2CCNCC2=O)s1. The Balaban J connectivity index is 2.02. The number of hydrogen-bond acceptors (Lipinski definition) is 5. The fraction of sp³-hybridized carbons (Fsp3) is 0.667. The van der Waals surface area contributed by atoms with Crippen molar-refractivity contribution in [1.82, 2.24) is 20.1 Å². The molecule has 2 amide bonds. The number of carbonyl (C=O) groups excluding carboxylic acids is 2. The minimum Gasteiger partial charge on any atom is -0.337 e. The van der Waals surface area contributed by atoms with Crippen LogP contribution in [0.5, 0.6) is 0 Å². The summed E-state index contributed by atoms with van der Waals surface area (Å²) in [6.07, 6.45) is 0.908.